The number of aromatic carboxylic acids is 1. The summed E-state index contributed by atoms with van der Waals surface area (Å²) in [6, 6.07) is 23.7. The van der Waals surface area contributed by atoms with Crippen molar-refractivity contribution in [3.8, 4) is 11.1 Å². The van der Waals surface area contributed by atoms with Crippen molar-refractivity contribution in [2.45, 2.75) is 6.54 Å². The molecule has 124 valence electrons. The van der Waals surface area contributed by atoms with Crippen LogP contribution in [0.1, 0.15) is 26.3 Å². The van der Waals surface area contributed by atoms with Crippen LogP contribution in [0.25, 0.3) is 11.1 Å². The Balaban J connectivity index is 1.75. The van der Waals surface area contributed by atoms with E-state index in [1.54, 1.807) is 18.2 Å². The second-order valence-electron chi connectivity index (χ2n) is 5.60. The minimum Gasteiger partial charge on any atom is -0.478 e. The van der Waals surface area contributed by atoms with E-state index in [2.05, 4.69) is 5.32 Å². The number of carbonyl (C=O) groups is 2. The zero-order valence-electron chi connectivity index (χ0n) is 13.5. The normalized spacial score (nSPS) is 10.2. The average molecular weight is 331 g/mol. The number of carboxylic acids is 1. The molecule has 0 heterocycles. The van der Waals surface area contributed by atoms with Crippen LogP contribution in [0.5, 0.6) is 0 Å². The Morgan fingerprint density at radius 3 is 2.12 bits per heavy atom. The second-order valence-corrected chi connectivity index (χ2v) is 5.60. The Morgan fingerprint density at radius 2 is 1.44 bits per heavy atom. The molecule has 0 aromatic heterocycles. The lowest BCUT2D eigenvalue weighted by molar-refractivity contribution is 0.0696. The maximum absolute atomic E-state index is 12.6. The summed E-state index contributed by atoms with van der Waals surface area (Å²) in [5.41, 5.74) is 3.54. The number of hydrogen-bond acceptors (Lipinski definition) is 2. The van der Waals surface area contributed by atoms with Crippen LogP contribution in [0.3, 0.4) is 0 Å². The van der Waals surface area contributed by atoms with Gasteiger partial charge in [0.25, 0.3) is 5.91 Å². The first-order chi connectivity index (χ1) is 12.1. The minimum atomic E-state index is -0.965. The highest BCUT2D eigenvalue weighted by Gasteiger charge is 2.12. The molecular weight excluding hydrogens is 314 g/mol. The Bertz CT molecular complexity index is 887. The number of carbonyl (C=O) groups excluding carboxylic acids is 1. The van der Waals surface area contributed by atoms with E-state index >= 15 is 0 Å². The molecule has 2 N–H and O–H groups in total. The van der Waals surface area contributed by atoms with Crippen LogP contribution >= 0.6 is 0 Å². The molecule has 1 amide bonds. The molecule has 0 radical (unpaired) electrons. The van der Waals surface area contributed by atoms with Crippen molar-refractivity contribution in [1.29, 1.82) is 0 Å². The molecule has 3 rings (SSSR count). The average Bonchev–Trinajstić information content (AvgIpc) is 2.67. The highest BCUT2D eigenvalue weighted by atomic mass is 16.4. The van der Waals surface area contributed by atoms with Crippen molar-refractivity contribution >= 4 is 11.9 Å². The first-order valence-electron chi connectivity index (χ1n) is 7.90. The maximum atomic E-state index is 12.6. The third-order valence-corrected chi connectivity index (χ3v) is 3.91. The van der Waals surface area contributed by atoms with E-state index in [1.807, 2.05) is 48.5 Å². The highest BCUT2D eigenvalue weighted by Crippen LogP contribution is 2.23. The van der Waals surface area contributed by atoms with Gasteiger partial charge in [0.05, 0.1) is 5.56 Å². The van der Waals surface area contributed by atoms with Crippen LogP contribution in [0.15, 0.2) is 78.9 Å². The summed E-state index contributed by atoms with van der Waals surface area (Å²) >= 11 is 0. The molecule has 4 heteroatoms. The van der Waals surface area contributed by atoms with Gasteiger partial charge < -0.3 is 10.4 Å². The van der Waals surface area contributed by atoms with Gasteiger partial charge in [0, 0.05) is 12.1 Å². The van der Waals surface area contributed by atoms with E-state index in [0.29, 0.717) is 12.1 Å². The molecule has 25 heavy (non-hydrogen) atoms. The molecule has 0 fully saturated rings. The zero-order chi connectivity index (χ0) is 17.6. The fraction of sp³-hybridized carbons (Fsp3) is 0.0476. The molecule has 3 aromatic rings. The third-order valence-electron chi connectivity index (χ3n) is 3.91. The van der Waals surface area contributed by atoms with Gasteiger partial charge in [-0.15, -0.1) is 0 Å². The summed E-state index contributed by atoms with van der Waals surface area (Å²) in [7, 11) is 0. The fourth-order valence-electron chi connectivity index (χ4n) is 2.59. The van der Waals surface area contributed by atoms with Crippen LogP contribution in [-0.2, 0) is 6.54 Å². The van der Waals surface area contributed by atoms with Gasteiger partial charge in [-0.3, -0.25) is 4.79 Å². The summed E-state index contributed by atoms with van der Waals surface area (Å²) < 4.78 is 0. The molecule has 0 aliphatic rings. The Hall–Kier alpha value is -3.40. The number of benzene rings is 3. The van der Waals surface area contributed by atoms with Crippen LogP contribution in [-0.4, -0.2) is 17.0 Å². The number of nitrogens with one attached hydrogen (secondary N) is 1. The molecule has 0 bridgehead atoms. The lowest BCUT2D eigenvalue weighted by Gasteiger charge is -2.10. The number of amides is 1. The molecular formula is C21H17NO3. The van der Waals surface area contributed by atoms with Crippen LogP contribution in [0.2, 0.25) is 0 Å². The lowest BCUT2D eigenvalue weighted by Crippen LogP contribution is -2.23. The molecule has 0 aliphatic carbocycles. The van der Waals surface area contributed by atoms with Crippen LogP contribution < -0.4 is 5.32 Å². The largest absolute Gasteiger partial charge is 0.478 e. The van der Waals surface area contributed by atoms with Crippen molar-refractivity contribution in [2.24, 2.45) is 0 Å². The standard InChI is InChI=1S/C21H17NO3/c23-20(22-14-15-10-12-17(13-11-15)21(24)25)19-9-5-4-8-18(19)16-6-2-1-3-7-16/h1-13H,14H2,(H,22,23)(H,24,25). The highest BCUT2D eigenvalue weighted by molar-refractivity contribution is 6.00. The fourth-order valence-corrected chi connectivity index (χ4v) is 2.59. The topological polar surface area (TPSA) is 66.4 Å². The van der Waals surface area contributed by atoms with E-state index in [0.717, 1.165) is 16.7 Å². The summed E-state index contributed by atoms with van der Waals surface area (Å²) in [5, 5.41) is 11.8. The monoisotopic (exact) mass is 331 g/mol. The summed E-state index contributed by atoms with van der Waals surface area (Å²) in [5.74, 6) is -1.13. The van der Waals surface area contributed by atoms with Gasteiger partial charge in [-0.1, -0.05) is 60.7 Å². The van der Waals surface area contributed by atoms with Gasteiger partial charge in [-0.25, -0.2) is 4.79 Å². The van der Waals surface area contributed by atoms with E-state index in [9.17, 15) is 9.59 Å². The molecule has 0 saturated heterocycles. The molecule has 0 atom stereocenters. The Labute approximate surface area is 145 Å². The predicted molar refractivity (Wildman–Crippen MR) is 96.4 cm³/mol. The van der Waals surface area contributed by atoms with Gasteiger partial charge in [-0.2, -0.15) is 0 Å². The predicted octanol–water partition coefficient (Wildman–Crippen LogP) is 3.98. The summed E-state index contributed by atoms with van der Waals surface area (Å²) in [6.07, 6.45) is 0. The van der Waals surface area contributed by atoms with Gasteiger partial charge >= 0.3 is 5.97 Å². The number of rotatable bonds is 5. The second kappa shape index (κ2) is 7.45. The molecule has 0 unspecified atom stereocenters. The number of hydrogen-bond donors (Lipinski definition) is 2. The molecule has 0 saturated carbocycles. The van der Waals surface area contributed by atoms with Crippen molar-refractivity contribution in [1.82, 2.24) is 5.32 Å². The quantitative estimate of drug-likeness (QED) is 0.743. The molecule has 4 nitrogen and oxygen atoms in total. The maximum Gasteiger partial charge on any atom is 0.335 e. The van der Waals surface area contributed by atoms with E-state index in [-0.39, 0.29) is 11.5 Å². The lowest BCUT2D eigenvalue weighted by atomic mass is 9.99. The molecule has 3 aromatic carbocycles. The third kappa shape index (κ3) is 3.93. The van der Waals surface area contributed by atoms with Gasteiger partial charge in [-0.05, 0) is 34.9 Å². The van der Waals surface area contributed by atoms with E-state index in [4.69, 9.17) is 5.11 Å². The first-order valence-corrected chi connectivity index (χ1v) is 7.90. The Kier molecular flexibility index (Phi) is 4.90. The van der Waals surface area contributed by atoms with Gasteiger partial charge in [0.2, 0.25) is 0 Å². The van der Waals surface area contributed by atoms with Crippen molar-refractivity contribution in [3.05, 3.63) is 95.6 Å². The molecule has 0 aliphatic heterocycles. The minimum absolute atomic E-state index is 0.165. The molecule has 0 spiro atoms. The van der Waals surface area contributed by atoms with Gasteiger partial charge in [0.15, 0.2) is 0 Å². The SMILES string of the molecule is O=C(O)c1ccc(CNC(=O)c2ccccc2-c2ccccc2)cc1. The van der Waals surface area contributed by atoms with Gasteiger partial charge in [0.1, 0.15) is 0 Å². The first kappa shape index (κ1) is 16.5. The summed E-state index contributed by atoms with van der Waals surface area (Å²) in [4.78, 5) is 23.4. The van der Waals surface area contributed by atoms with E-state index < -0.39 is 5.97 Å². The van der Waals surface area contributed by atoms with Crippen molar-refractivity contribution < 1.29 is 14.7 Å². The van der Waals surface area contributed by atoms with E-state index in [1.165, 1.54) is 12.1 Å². The van der Waals surface area contributed by atoms with Crippen LogP contribution in [0, 0.1) is 0 Å². The number of carboxylic acid groups (broad SMARTS) is 1. The van der Waals surface area contributed by atoms with Crippen LogP contribution in [0.4, 0.5) is 0 Å². The smallest absolute Gasteiger partial charge is 0.335 e. The summed E-state index contributed by atoms with van der Waals surface area (Å²) in [6.45, 7) is 0.335. The van der Waals surface area contributed by atoms with Crippen molar-refractivity contribution in [2.75, 3.05) is 0 Å². The Morgan fingerprint density at radius 1 is 0.800 bits per heavy atom. The van der Waals surface area contributed by atoms with Crippen molar-refractivity contribution in [3.63, 3.8) is 0 Å². The zero-order valence-corrected chi connectivity index (χ0v) is 13.5.